The summed E-state index contributed by atoms with van der Waals surface area (Å²) in [6.07, 6.45) is 1.98. The zero-order valence-electron chi connectivity index (χ0n) is 22.2. The summed E-state index contributed by atoms with van der Waals surface area (Å²) in [6.45, 7) is 7.50. The predicted octanol–water partition coefficient (Wildman–Crippen LogP) is 4.70. The van der Waals surface area contributed by atoms with Crippen molar-refractivity contribution in [3.05, 3.63) is 57.9 Å². The maximum absolute atomic E-state index is 13.7. The molecule has 0 bridgehead atoms. The molecule has 2 amide bonds. The Balaban J connectivity index is 1.62. The Morgan fingerprint density at radius 2 is 2.03 bits per heavy atom. The van der Waals surface area contributed by atoms with E-state index < -0.39 is 0 Å². The van der Waals surface area contributed by atoms with Crippen LogP contribution in [0.15, 0.2) is 41.8 Å². The normalized spacial score (nSPS) is 19.8. The van der Waals surface area contributed by atoms with Crippen LogP contribution in [-0.4, -0.2) is 60.3 Å². The molecule has 4 heterocycles. The maximum atomic E-state index is 13.7. The Hall–Kier alpha value is -2.82. The lowest BCUT2D eigenvalue weighted by molar-refractivity contribution is -0.123. The average molecular weight is 555 g/mol. The Labute approximate surface area is 231 Å². The van der Waals surface area contributed by atoms with Crippen molar-refractivity contribution in [2.75, 3.05) is 37.5 Å². The summed E-state index contributed by atoms with van der Waals surface area (Å²) in [4.78, 5) is 29.6. The highest BCUT2D eigenvalue weighted by atomic mass is 32.2. The number of benzene rings is 1. The van der Waals surface area contributed by atoms with Crippen molar-refractivity contribution in [3.8, 4) is 11.4 Å². The van der Waals surface area contributed by atoms with Crippen LogP contribution >= 0.6 is 23.1 Å². The number of nitrogens with zero attached hydrogens (tertiary/aromatic N) is 3. The molecule has 10 heteroatoms. The van der Waals surface area contributed by atoms with Gasteiger partial charge in [0.25, 0.3) is 0 Å². The van der Waals surface area contributed by atoms with E-state index in [0.29, 0.717) is 12.4 Å². The molecule has 0 aliphatic carbocycles. The van der Waals surface area contributed by atoms with Crippen LogP contribution in [0.1, 0.15) is 55.0 Å². The zero-order chi connectivity index (χ0) is 26.9. The van der Waals surface area contributed by atoms with Crippen molar-refractivity contribution in [1.82, 2.24) is 15.1 Å². The van der Waals surface area contributed by atoms with Crippen molar-refractivity contribution in [1.29, 1.82) is 0 Å². The minimum absolute atomic E-state index is 0.0328. The molecule has 2 aliphatic heterocycles. The second kappa shape index (κ2) is 11.1. The number of amides is 2. The standard InChI is InChI=1S/C28H34N4O4S2/c1-28(2,3)26-24-25(21-8-6-14-37-21)38-17-23(34)31(16-22(33)29-15-20-7-5-13-36-20)27(24)32(30-26)18-9-11-19(35-4)12-10-18/h6,8-12,14,20,25H,5,7,13,15-17H2,1-4H3,(H,29,33)/t20-,25+/m0/s1. The Morgan fingerprint density at radius 3 is 2.66 bits per heavy atom. The topological polar surface area (TPSA) is 85.7 Å². The number of hydrogen-bond donors (Lipinski definition) is 1. The Bertz CT molecular complexity index is 1280. The van der Waals surface area contributed by atoms with E-state index in [0.717, 1.165) is 47.0 Å². The second-order valence-corrected chi connectivity index (χ2v) is 12.6. The lowest BCUT2D eigenvalue weighted by Gasteiger charge is -2.24. The number of anilines is 1. The first-order chi connectivity index (χ1) is 18.3. The van der Waals surface area contributed by atoms with Crippen LogP contribution in [0, 0.1) is 0 Å². The smallest absolute Gasteiger partial charge is 0.240 e. The first-order valence-electron chi connectivity index (χ1n) is 12.9. The number of rotatable bonds is 7. The van der Waals surface area contributed by atoms with Crippen LogP contribution in [-0.2, 0) is 19.7 Å². The molecule has 0 spiro atoms. The number of aromatic nitrogens is 2. The molecule has 8 nitrogen and oxygen atoms in total. The van der Waals surface area contributed by atoms with Gasteiger partial charge in [-0.3, -0.25) is 14.5 Å². The monoisotopic (exact) mass is 554 g/mol. The highest BCUT2D eigenvalue weighted by molar-refractivity contribution is 8.00. The molecular weight excluding hydrogens is 520 g/mol. The molecule has 5 rings (SSSR count). The summed E-state index contributed by atoms with van der Waals surface area (Å²) in [5, 5.41) is 10.1. The van der Waals surface area contributed by atoms with Crippen LogP contribution in [0.5, 0.6) is 5.75 Å². The summed E-state index contributed by atoms with van der Waals surface area (Å²) < 4.78 is 12.9. The number of ether oxygens (including phenoxy) is 2. The lowest BCUT2D eigenvalue weighted by Crippen LogP contribution is -2.44. The molecule has 0 unspecified atom stereocenters. The molecular formula is C28H34N4O4S2. The maximum Gasteiger partial charge on any atom is 0.240 e. The summed E-state index contributed by atoms with van der Waals surface area (Å²) in [5.74, 6) is 1.33. The van der Waals surface area contributed by atoms with Gasteiger partial charge in [-0.25, -0.2) is 4.68 Å². The molecule has 1 N–H and O–H groups in total. The summed E-state index contributed by atoms with van der Waals surface area (Å²) >= 11 is 3.27. The average Bonchev–Trinajstić information content (AvgIpc) is 3.66. The van der Waals surface area contributed by atoms with Crippen LogP contribution in [0.3, 0.4) is 0 Å². The third kappa shape index (κ3) is 5.48. The Morgan fingerprint density at radius 1 is 1.24 bits per heavy atom. The minimum atomic E-state index is -0.293. The van der Waals surface area contributed by atoms with E-state index in [1.165, 1.54) is 0 Å². The second-order valence-electron chi connectivity index (χ2n) is 10.6. The van der Waals surface area contributed by atoms with Crippen molar-refractivity contribution >= 4 is 40.7 Å². The largest absolute Gasteiger partial charge is 0.497 e. The van der Waals surface area contributed by atoms with E-state index in [1.54, 1.807) is 35.1 Å². The minimum Gasteiger partial charge on any atom is -0.497 e. The number of nitrogens with one attached hydrogen (secondary N) is 1. The molecule has 0 saturated carbocycles. The highest BCUT2D eigenvalue weighted by Gasteiger charge is 2.40. The third-order valence-corrected chi connectivity index (χ3v) is 9.09. The Kier molecular flexibility index (Phi) is 7.83. The molecule has 3 aromatic rings. The van der Waals surface area contributed by atoms with Crippen LogP contribution in [0.2, 0.25) is 0 Å². The van der Waals surface area contributed by atoms with Crippen LogP contribution in [0.4, 0.5) is 5.82 Å². The van der Waals surface area contributed by atoms with Gasteiger partial charge in [0.2, 0.25) is 11.8 Å². The number of thioether (sulfide) groups is 1. The lowest BCUT2D eigenvalue weighted by atomic mass is 9.88. The molecule has 2 aromatic heterocycles. The van der Waals surface area contributed by atoms with E-state index >= 15 is 0 Å². The highest BCUT2D eigenvalue weighted by Crippen LogP contribution is 2.49. The molecule has 38 heavy (non-hydrogen) atoms. The number of fused-ring (bicyclic) bond motifs is 1. The number of carbonyl (C=O) groups excluding carboxylic acids is 2. The van der Waals surface area contributed by atoms with E-state index in [4.69, 9.17) is 14.6 Å². The van der Waals surface area contributed by atoms with Crippen molar-refractivity contribution in [2.24, 2.45) is 0 Å². The summed E-state index contributed by atoms with van der Waals surface area (Å²) in [5.41, 5.74) is 2.40. The van der Waals surface area contributed by atoms with Crippen molar-refractivity contribution in [3.63, 3.8) is 0 Å². The van der Waals surface area contributed by atoms with Gasteiger partial charge >= 0.3 is 0 Å². The molecule has 2 aliphatic rings. The van der Waals surface area contributed by atoms with Gasteiger partial charge in [-0.15, -0.1) is 23.1 Å². The summed E-state index contributed by atoms with van der Waals surface area (Å²) in [7, 11) is 1.63. The van der Waals surface area contributed by atoms with Crippen LogP contribution < -0.4 is 15.0 Å². The molecule has 1 aromatic carbocycles. The van der Waals surface area contributed by atoms with Crippen molar-refractivity contribution in [2.45, 2.75) is 50.4 Å². The molecule has 0 radical (unpaired) electrons. The third-order valence-electron chi connectivity index (χ3n) is 6.77. The van der Waals surface area contributed by atoms with Gasteiger partial charge in [0.1, 0.15) is 18.1 Å². The van der Waals surface area contributed by atoms with Gasteiger partial charge in [0, 0.05) is 29.0 Å². The van der Waals surface area contributed by atoms with Gasteiger partial charge in [0.05, 0.1) is 35.6 Å². The molecule has 2 atom stereocenters. The van der Waals surface area contributed by atoms with E-state index in [9.17, 15) is 9.59 Å². The number of carbonyl (C=O) groups is 2. The predicted molar refractivity (Wildman–Crippen MR) is 152 cm³/mol. The van der Waals surface area contributed by atoms with Gasteiger partial charge < -0.3 is 14.8 Å². The number of methoxy groups -OCH3 is 1. The summed E-state index contributed by atoms with van der Waals surface area (Å²) in [6, 6.07) is 11.8. The van der Waals surface area contributed by atoms with Crippen molar-refractivity contribution < 1.29 is 19.1 Å². The van der Waals surface area contributed by atoms with E-state index in [1.807, 2.05) is 35.0 Å². The van der Waals surface area contributed by atoms with Gasteiger partial charge in [-0.1, -0.05) is 26.8 Å². The molecule has 202 valence electrons. The fourth-order valence-electron chi connectivity index (χ4n) is 4.87. The van der Waals surface area contributed by atoms with Crippen LogP contribution in [0.25, 0.3) is 5.69 Å². The first kappa shape index (κ1) is 26.8. The molecule has 1 saturated heterocycles. The zero-order valence-corrected chi connectivity index (χ0v) is 23.9. The molecule has 1 fully saturated rings. The van der Waals surface area contributed by atoms with Gasteiger partial charge in [-0.2, -0.15) is 5.10 Å². The van der Waals surface area contributed by atoms with Gasteiger partial charge in [-0.05, 0) is 48.6 Å². The number of hydrogen-bond acceptors (Lipinski definition) is 7. The fourth-order valence-corrected chi connectivity index (χ4v) is 7.05. The first-order valence-corrected chi connectivity index (χ1v) is 14.8. The van der Waals surface area contributed by atoms with E-state index in [-0.39, 0.29) is 40.9 Å². The fraction of sp³-hybridized carbons (Fsp3) is 0.464. The quantitative estimate of drug-likeness (QED) is 0.456. The van der Waals surface area contributed by atoms with Gasteiger partial charge in [0.15, 0.2) is 0 Å². The van der Waals surface area contributed by atoms with E-state index in [2.05, 4.69) is 37.5 Å². The number of thiophene rings is 1. The SMILES string of the molecule is COc1ccc(-n2nc(C(C)(C)C)c3c2N(CC(=O)NC[C@@H]2CCCO2)C(=O)CS[C@@H]3c2cccs2)cc1.